The van der Waals surface area contributed by atoms with Gasteiger partial charge in [0.15, 0.2) is 11.5 Å². The maximum absolute atomic E-state index is 14.0. The maximum Gasteiger partial charge on any atom is 0.329 e. The number of hydrogen-bond donors (Lipinski definition) is 2. The summed E-state index contributed by atoms with van der Waals surface area (Å²) in [5.41, 5.74) is 4.36. The largest absolute Gasteiger partial charge is 0.459 e. The second-order valence-corrected chi connectivity index (χ2v) is 10.1. The van der Waals surface area contributed by atoms with E-state index in [-0.39, 0.29) is 25.7 Å². The van der Waals surface area contributed by atoms with Crippen LogP contribution >= 0.6 is 0 Å². The number of imidazole rings is 1. The van der Waals surface area contributed by atoms with Crippen LogP contribution in [0.3, 0.4) is 0 Å². The molecule has 208 valence electrons. The molecule has 1 unspecified atom stereocenters. The average molecular weight is 551 g/mol. The minimum Gasteiger partial charge on any atom is -0.459 e. The highest BCUT2D eigenvalue weighted by molar-refractivity contribution is 5.90. The number of amides is 1. The van der Waals surface area contributed by atoms with E-state index < -0.39 is 17.9 Å². The number of nitrogens with zero attached hydrogens (tertiary/aromatic N) is 2. The van der Waals surface area contributed by atoms with Crippen molar-refractivity contribution in [3.63, 3.8) is 0 Å². The van der Waals surface area contributed by atoms with Gasteiger partial charge in [0, 0.05) is 48.9 Å². The Bertz CT molecular complexity index is 1680. The Balaban J connectivity index is 1.29. The van der Waals surface area contributed by atoms with Gasteiger partial charge < -0.3 is 29.1 Å². The van der Waals surface area contributed by atoms with Gasteiger partial charge in [0.1, 0.15) is 12.6 Å². The van der Waals surface area contributed by atoms with Crippen LogP contribution in [0.15, 0.2) is 91.5 Å². The lowest BCUT2D eigenvalue weighted by molar-refractivity contribution is -0.149. The van der Waals surface area contributed by atoms with Crippen molar-refractivity contribution in [2.24, 2.45) is 7.05 Å². The van der Waals surface area contributed by atoms with Gasteiger partial charge in [0.2, 0.25) is 12.7 Å². The zero-order chi connectivity index (χ0) is 28.2. The van der Waals surface area contributed by atoms with E-state index in [2.05, 4.69) is 15.3 Å². The highest BCUT2D eigenvalue weighted by Gasteiger charge is 2.30. The molecule has 41 heavy (non-hydrogen) atoms. The molecule has 1 amide bonds. The first-order chi connectivity index (χ1) is 20.0. The lowest BCUT2D eigenvalue weighted by atomic mass is 9.92. The quantitative estimate of drug-likeness (QED) is 0.249. The number of aromatic amines is 1. The molecule has 0 fully saturated rings. The van der Waals surface area contributed by atoms with E-state index in [9.17, 15) is 9.59 Å². The van der Waals surface area contributed by atoms with Gasteiger partial charge in [0.25, 0.3) is 0 Å². The number of rotatable bonds is 10. The molecule has 0 saturated carbocycles. The van der Waals surface area contributed by atoms with E-state index in [1.165, 1.54) is 0 Å². The van der Waals surface area contributed by atoms with Crippen LogP contribution in [0.2, 0.25) is 0 Å². The predicted molar refractivity (Wildman–Crippen MR) is 152 cm³/mol. The molecule has 2 N–H and O–H groups in total. The molecule has 0 radical (unpaired) electrons. The molecule has 1 aliphatic heterocycles. The molecular formula is C32H30N4O5. The summed E-state index contributed by atoms with van der Waals surface area (Å²) >= 11 is 0. The fraction of sp³-hybridized carbons (Fsp3) is 0.219. The number of nitrogens with one attached hydrogen (secondary N) is 2. The van der Waals surface area contributed by atoms with E-state index in [0.717, 1.165) is 33.3 Å². The highest BCUT2D eigenvalue weighted by atomic mass is 16.7. The number of carbonyl (C=O) groups is 2. The van der Waals surface area contributed by atoms with E-state index >= 15 is 0 Å². The van der Waals surface area contributed by atoms with Crippen LogP contribution in [-0.2, 0) is 40.8 Å². The lowest BCUT2D eigenvalue weighted by Crippen LogP contribution is -2.45. The van der Waals surface area contributed by atoms with Gasteiger partial charge in [-0.05, 0) is 34.9 Å². The summed E-state index contributed by atoms with van der Waals surface area (Å²) in [6.45, 7) is 0.248. The number of ether oxygens (including phenoxy) is 3. The molecule has 2 aromatic heterocycles. The average Bonchev–Trinajstić information content (AvgIpc) is 3.74. The van der Waals surface area contributed by atoms with Crippen molar-refractivity contribution in [1.82, 2.24) is 19.9 Å². The van der Waals surface area contributed by atoms with Crippen LogP contribution in [0.25, 0.3) is 10.9 Å². The zero-order valence-electron chi connectivity index (χ0n) is 22.6. The van der Waals surface area contributed by atoms with Crippen molar-refractivity contribution in [3.8, 4) is 11.5 Å². The number of esters is 1. The molecule has 6 rings (SSSR count). The molecule has 0 bridgehead atoms. The summed E-state index contributed by atoms with van der Waals surface area (Å²) in [7, 11) is 1.89. The molecule has 0 saturated heterocycles. The van der Waals surface area contributed by atoms with Gasteiger partial charge in [-0.2, -0.15) is 0 Å². The number of aromatic nitrogens is 3. The third kappa shape index (κ3) is 5.79. The monoisotopic (exact) mass is 550 g/mol. The van der Waals surface area contributed by atoms with E-state index in [1.807, 2.05) is 84.5 Å². The Morgan fingerprint density at radius 3 is 2.66 bits per heavy atom. The summed E-state index contributed by atoms with van der Waals surface area (Å²) in [4.78, 5) is 35.0. The summed E-state index contributed by atoms with van der Waals surface area (Å²) in [5.74, 6) is -0.200. The van der Waals surface area contributed by atoms with Crippen molar-refractivity contribution in [2.75, 3.05) is 6.79 Å². The molecule has 0 aliphatic carbocycles. The molecule has 3 heterocycles. The molecule has 5 aromatic rings. The number of para-hydroxylation sites is 1. The molecule has 0 spiro atoms. The number of hydrogen-bond acceptors (Lipinski definition) is 6. The molecule has 1 aliphatic rings. The lowest BCUT2D eigenvalue weighted by Gasteiger charge is -2.23. The Labute approximate surface area is 237 Å². The molecule has 3 aromatic carbocycles. The second kappa shape index (κ2) is 11.6. The van der Waals surface area contributed by atoms with Crippen molar-refractivity contribution in [3.05, 3.63) is 114 Å². The predicted octanol–water partition coefficient (Wildman–Crippen LogP) is 4.43. The first-order valence-corrected chi connectivity index (χ1v) is 13.5. The van der Waals surface area contributed by atoms with Crippen LogP contribution in [0.4, 0.5) is 0 Å². The van der Waals surface area contributed by atoms with Crippen LogP contribution in [0, 0.1) is 0 Å². The maximum atomic E-state index is 14.0. The topological polar surface area (TPSA) is 107 Å². The smallest absolute Gasteiger partial charge is 0.329 e. The molecular weight excluding hydrogens is 520 g/mol. The zero-order valence-corrected chi connectivity index (χ0v) is 22.6. The van der Waals surface area contributed by atoms with Crippen molar-refractivity contribution in [2.45, 2.75) is 31.4 Å². The number of benzene rings is 3. The summed E-state index contributed by atoms with van der Waals surface area (Å²) in [5, 5.41) is 4.02. The summed E-state index contributed by atoms with van der Waals surface area (Å²) < 4.78 is 18.6. The first kappa shape index (κ1) is 26.2. The number of H-pyrrole nitrogens is 1. The van der Waals surface area contributed by atoms with Gasteiger partial charge in [-0.1, -0.05) is 54.6 Å². The minimum atomic E-state index is -0.909. The summed E-state index contributed by atoms with van der Waals surface area (Å²) in [6.07, 6.45) is 5.96. The summed E-state index contributed by atoms with van der Waals surface area (Å²) in [6, 6.07) is 21.9. The van der Waals surface area contributed by atoms with E-state index in [0.29, 0.717) is 17.9 Å². The van der Waals surface area contributed by atoms with Gasteiger partial charge in [-0.15, -0.1) is 0 Å². The Kier molecular flexibility index (Phi) is 7.40. The fourth-order valence-electron chi connectivity index (χ4n) is 5.10. The third-order valence-corrected chi connectivity index (χ3v) is 7.37. The normalized spacial score (nSPS) is 13.6. The van der Waals surface area contributed by atoms with Crippen LogP contribution < -0.4 is 14.8 Å². The number of aryl methyl sites for hydroxylation is 1. The van der Waals surface area contributed by atoms with Gasteiger partial charge in [-0.3, -0.25) is 4.79 Å². The Morgan fingerprint density at radius 2 is 1.83 bits per heavy atom. The van der Waals surface area contributed by atoms with Crippen LogP contribution in [0.5, 0.6) is 11.5 Å². The molecule has 2 atom stereocenters. The van der Waals surface area contributed by atoms with E-state index in [4.69, 9.17) is 14.2 Å². The molecule has 9 heteroatoms. The van der Waals surface area contributed by atoms with Crippen molar-refractivity contribution >= 4 is 22.8 Å². The number of carbonyl (C=O) groups excluding carboxylic acids is 2. The van der Waals surface area contributed by atoms with Crippen molar-refractivity contribution in [1.29, 1.82) is 0 Å². The third-order valence-electron chi connectivity index (χ3n) is 7.37. The standard InChI is InChI=1S/C32H30N4O5/c1-36-19-33-17-24(36)15-26(22-11-12-29-30(14-22)41-20-40-29)31(37)35-28(32(38)39-18-21-7-3-2-4-8-21)13-23-16-34-27-10-6-5-9-25(23)27/h2-12,14,16-17,19,26,28,34H,13,15,18,20H2,1H3,(H,35,37)/t26?,28-/m0/s1. The minimum absolute atomic E-state index is 0.112. The van der Waals surface area contributed by atoms with Gasteiger partial charge in [0.05, 0.1) is 12.2 Å². The first-order valence-electron chi connectivity index (χ1n) is 13.5. The SMILES string of the molecule is Cn1cncc1CC(C(=O)N[C@@H](Cc1c[nH]c2ccccc12)C(=O)OCc1ccccc1)c1ccc2c(c1)OCO2. The van der Waals surface area contributed by atoms with Crippen molar-refractivity contribution < 1.29 is 23.8 Å². The van der Waals surface area contributed by atoms with E-state index in [1.54, 1.807) is 18.6 Å². The van der Waals surface area contributed by atoms with Gasteiger partial charge in [-0.25, -0.2) is 9.78 Å². The Morgan fingerprint density at radius 1 is 1.02 bits per heavy atom. The van der Waals surface area contributed by atoms with Crippen LogP contribution in [-0.4, -0.2) is 39.2 Å². The van der Waals surface area contributed by atoms with Crippen LogP contribution in [0.1, 0.15) is 28.3 Å². The number of fused-ring (bicyclic) bond motifs is 2. The van der Waals surface area contributed by atoms with Gasteiger partial charge >= 0.3 is 5.97 Å². The highest BCUT2D eigenvalue weighted by Crippen LogP contribution is 2.35. The fourth-order valence-corrected chi connectivity index (χ4v) is 5.10. The molecule has 9 nitrogen and oxygen atoms in total. The second-order valence-electron chi connectivity index (χ2n) is 10.1. The Hall–Kier alpha value is -5.05.